The zero-order chi connectivity index (χ0) is 18.0. The molecular weight excluding hydrogens is 324 g/mol. The van der Waals surface area contributed by atoms with Crippen LogP contribution in [0, 0.1) is 0 Å². The number of rotatable bonds is 5. The van der Waals surface area contributed by atoms with Crippen LogP contribution in [0.5, 0.6) is 11.5 Å². The van der Waals surface area contributed by atoms with Crippen LogP contribution < -0.4 is 14.9 Å². The number of hydrogen-bond acceptors (Lipinski definition) is 5. The smallest absolute Gasteiger partial charge is 0.307 e. The highest BCUT2D eigenvalue weighted by Gasteiger charge is 2.21. The maximum absolute atomic E-state index is 12.7. The minimum atomic E-state index is -1.06. The maximum atomic E-state index is 12.7. The zero-order valence-corrected chi connectivity index (χ0v) is 13.7. The molecule has 128 valence electrons. The first-order chi connectivity index (χ1) is 12.0. The molecule has 0 saturated carbocycles. The fourth-order valence-electron chi connectivity index (χ4n) is 2.76. The number of carboxylic acid groups (broad SMARTS) is 1. The number of fused-ring (bicyclic) bond motifs is 1. The van der Waals surface area contributed by atoms with E-state index in [1.165, 1.54) is 26.4 Å². The summed E-state index contributed by atoms with van der Waals surface area (Å²) in [6.07, 6.45) is -0.327. The van der Waals surface area contributed by atoms with Crippen molar-refractivity contribution in [2.75, 3.05) is 14.2 Å². The Labute approximate surface area is 143 Å². The van der Waals surface area contributed by atoms with E-state index >= 15 is 0 Å². The van der Waals surface area contributed by atoms with E-state index in [2.05, 4.69) is 0 Å². The molecular formula is C19H16O6. The van der Waals surface area contributed by atoms with E-state index in [0.717, 1.165) is 5.56 Å². The molecule has 0 aliphatic carbocycles. The van der Waals surface area contributed by atoms with Crippen LogP contribution in [0.15, 0.2) is 51.7 Å². The van der Waals surface area contributed by atoms with E-state index < -0.39 is 5.97 Å². The van der Waals surface area contributed by atoms with E-state index in [1.807, 2.05) is 30.3 Å². The van der Waals surface area contributed by atoms with Gasteiger partial charge in [-0.25, -0.2) is 0 Å². The van der Waals surface area contributed by atoms with Crippen molar-refractivity contribution in [3.63, 3.8) is 0 Å². The van der Waals surface area contributed by atoms with Crippen molar-refractivity contribution in [3.8, 4) is 22.8 Å². The van der Waals surface area contributed by atoms with Crippen molar-refractivity contribution < 1.29 is 23.8 Å². The first kappa shape index (κ1) is 16.6. The quantitative estimate of drug-likeness (QED) is 0.768. The number of methoxy groups -OCH3 is 2. The molecule has 3 rings (SSSR count). The Bertz CT molecular complexity index is 988. The summed E-state index contributed by atoms with van der Waals surface area (Å²) in [6.45, 7) is 0. The van der Waals surface area contributed by atoms with Gasteiger partial charge in [-0.15, -0.1) is 0 Å². The molecule has 0 radical (unpaired) electrons. The Morgan fingerprint density at radius 3 is 2.44 bits per heavy atom. The Kier molecular flexibility index (Phi) is 4.43. The molecule has 6 heteroatoms. The van der Waals surface area contributed by atoms with Gasteiger partial charge < -0.3 is 19.0 Å². The van der Waals surface area contributed by atoms with Gasteiger partial charge in [0.25, 0.3) is 0 Å². The molecule has 0 unspecified atom stereocenters. The van der Waals surface area contributed by atoms with E-state index in [-0.39, 0.29) is 28.6 Å². The highest BCUT2D eigenvalue weighted by Crippen LogP contribution is 2.38. The van der Waals surface area contributed by atoms with E-state index in [0.29, 0.717) is 17.1 Å². The van der Waals surface area contributed by atoms with Crippen molar-refractivity contribution in [2.45, 2.75) is 6.42 Å². The second-order valence-electron chi connectivity index (χ2n) is 5.39. The lowest BCUT2D eigenvalue weighted by atomic mass is 10.0. The summed E-state index contributed by atoms with van der Waals surface area (Å²) in [5.74, 6) is -0.132. The van der Waals surface area contributed by atoms with Gasteiger partial charge in [0.05, 0.1) is 26.0 Å². The molecule has 3 aromatic rings. The summed E-state index contributed by atoms with van der Waals surface area (Å²) in [5, 5.41) is 9.32. The van der Waals surface area contributed by atoms with E-state index in [4.69, 9.17) is 19.0 Å². The lowest BCUT2D eigenvalue weighted by molar-refractivity contribution is -0.136. The maximum Gasteiger partial charge on any atom is 0.307 e. The van der Waals surface area contributed by atoms with Crippen molar-refractivity contribution in [3.05, 3.63) is 58.3 Å². The van der Waals surface area contributed by atoms with Gasteiger partial charge in [-0.2, -0.15) is 0 Å². The molecule has 2 aromatic carbocycles. The van der Waals surface area contributed by atoms with Gasteiger partial charge >= 0.3 is 5.97 Å². The number of hydrogen-bond donors (Lipinski definition) is 1. The molecule has 0 spiro atoms. The largest absolute Gasteiger partial charge is 0.493 e. The predicted molar refractivity (Wildman–Crippen MR) is 92.4 cm³/mol. The molecule has 1 N–H and O–H groups in total. The van der Waals surface area contributed by atoms with Crippen LogP contribution in [0.25, 0.3) is 22.3 Å². The molecule has 0 saturated heterocycles. The molecule has 0 amide bonds. The van der Waals surface area contributed by atoms with Crippen molar-refractivity contribution in [2.24, 2.45) is 0 Å². The molecule has 6 nitrogen and oxygen atoms in total. The summed E-state index contributed by atoms with van der Waals surface area (Å²) < 4.78 is 16.5. The third-order valence-electron chi connectivity index (χ3n) is 3.83. The molecule has 0 aliphatic heterocycles. The van der Waals surface area contributed by atoms with Gasteiger partial charge in [-0.1, -0.05) is 30.3 Å². The third-order valence-corrected chi connectivity index (χ3v) is 3.83. The van der Waals surface area contributed by atoms with Crippen LogP contribution in [-0.2, 0) is 11.2 Å². The summed E-state index contributed by atoms with van der Waals surface area (Å²) >= 11 is 0. The Hall–Kier alpha value is -3.28. The molecule has 0 aliphatic rings. The molecule has 0 atom stereocenters. The van der Waals surface area contributed by atoms with Crippen molar-refractivity contribution in [1.29, 1.82) is 0 Å². The lowest BCUT2D eigenvalue weighted by Crippen LogP contribution is -2.09. The minimum absolute atomic E-state index is 0.171. The van der Waals surface area contributed by atoms with Crippen LogP contribution in [0.2, 0.25) is 0 Å². The average molecular weight is 340 g/mol. The number of carbonyl (C=O) groups is 1. The van der Waals surface area contributed by atoms with Crippen LogP contribution in [0.3, 0.4) is 0 Å². The summed E-state index contributed by atoms with van der Waals surface area (Å²) in [4.78, 5) is 23.9. The fourth-order valence-corrected chi connectivity index (χ4v) is 2.76. The fraction of sp³-hybridized carbons (Fsp3) is 0.158. The van der Waals surface area contributed by atoms with Crippen LogP contribution in [-0.4, -0.2) is 25.3 Å². The Morgan fingerprint density at radius 1 is 1.12 bits per heavy atom. The van der Waals surface area contributed by atoms with Gasteiger partial charge in [0.15, 0.2) is 16.8 Å². The second-order valence-corrected chi connectivity index (χ2v) is 5.39. The first-order valence-corrected chi connectivity index (χ1v) is 7.54. The number of carboxylic acids is 1. The molecule has 25 heavy (non-hydrogen) atoms. The lowest BCUT2D eigenvalue weighted by Gasteiger charge is -2.13. The molecule has 1 aromatic heterocycles. The molecule has 0 fully saturated rings. The molecule has 1 heterocycles. The second kappa shape index (κ2) is 6.68. The number of aliphatic carboxylic acids is 1. The zero-order valence-electron chi connectivity index (χ0n) is 13.7. The van der Waals surface area contributed by atoms with Gasteiger partial charge in [0.1, 0.15) is 5.76 Å². The Balaban J connectivity index is 2.38. The summed E-state index contributed by atoms with van der Waals surface area (Å²) in [7, 11) is 2.87. The van der Waals surface area contributed by atoms with Crippen molar-refractivity contribution in [1.82, 2.24) is 0 Å². The number of ether oxygens (including phenoxy) is 2. The van der Waals surface area contributed by atoms with Gasteiger partial charge in [-0.05, 0) is 11.6 Å². The highest BCUT2D eigenvalue weighted by molar-refractivity contribution is 5.92. The van der Waals surface area contributed by atoms with Gasteiger partial charge in [0.2, 0.25) is 5.75 Å². The Morgan fingerprint density at radius 2 is 1.84 bits per heavy atom. The summed E-state index contributed by atoms with van der Waals surface area (Å²) in [5.41, 5.74) is 0.876. The first-order valence-electron chi connectivity index (χ1n) is 7.54. The predicted octanol–water partition coefficient (Wildman–Crippen LogP) is 3.10. The third kappa shape index (κ3) is 3.06. The van der Waals surface area contributed by atoms with Gasteiger partial charge in [0, 0.05) is 11.6 Å². The van der Waals surface area contributed by atoms with Crippen LogP contribution in [0.1, 0.15) is 5.56 Å². The highest BCUT2D eigenvalue weighted by atomic mass is 16.5. The normalized spacial score (nSPS) is 10.6. The topological polar surface area (TPSA) is 86.0 Å². The standard InChI is InChI=1S/C19H16O6/c1-23-15-8-12(9-16(21)22)17-13(20)10-14(11-6-4-3-5-7-11)25-19(17)18(15)24-2/h3-8,10H,9H2,1-2H3,(H,21,22). The van der Waals surface area contributed by atoms with Crippen LogP contribution in [0.4, 0.5) is 0 Å². The monoisotopic (exact) mass is 340 g/mol. The van der Waals surface area contributed by atoms with Gasteiger partial charge in [-0.3, -0.25) is 9.59 Å². The summed E-state index contributed by atoms with van der Waals surface area (Å²) in [6, 6.07) is 12.0. The van der Waals surface area contributed by atoms with E-state index in [1.54, 1.807) is 0 Å². The van der Waals surface area contributed by atoms with E-state index in [9.17, 15) is 9.59 Å². The number of benzene rings is 2. The van der Waals surface area contributed by atoms with Crippen molar-refractivity contribution >= 4 is 16.9 Å². The SMILES string of the molecule is COc1cc(CC(=O)O)c2c(=O)cc(-c3ccccc3)oc2c1OC. The van der Waals surface area contributed by atoms with Crippen LogP contribution >= 0.6 is 0 Å². The molecule has 0 bridgehead atoms. The average Bonchev–Trinajstić information content (AvgIpc) is 2.61. The minimum Gasteiger partial charge on any atom is -0.493 e.